The molecule has 4 heteroatoms. The molecule has 31 heavy (non-hydrogen) atoms. The van der Waals surface area contributed by atoms with Crippen LogP contribution in [0.2, 0.25) is 0 Å². The number of aromatic amines is 1. The Bertz CT molecular complexity index is 1430. The molecule has 0 aliphatic carbocycles. The normalized spacial score (nSPS) is 11.2. The van der Waals surface area contributed by atoms with Gasteiger partial charge >= 0.3 is 0 Å². The average molecular weight is 401 g/mol. The van der Waals surface area contributed by atoms with E-state index in [1.807, 2.05) is 85.8 Å². The van der Waals surface area contributed by atoms with E-state index in [-0.39, 0.29) is 0 Å². The lowest BCUT2D eigenvalue weighted by Gasteiger charge is -2.03. The van der Waals surface area contributed by atoms with Crippen molar-refractivity contribution >= 4 is 23.0 Å². The van der Waals surface area contributed by atoms with Gasteiger partial charge < -0.3 is 9.40 Å². The second-order valence-electron chi connectivity index (χ2n) is 7.30. The van der Waals surface area contributed by atoms with Crippen LogP contribution in [0.15, 0.2) is 94.3 Å². The average Bonchev–Trinajstić information content (AvgIpc) is 3.35. The fourth-order valence-corrected chi connectivity index (χ4v) is 3.87. The predicted molar refractivity (Wildman–Crippen MR) is 125 cm³/mol. The standard InChI is InChI=1S/C27H19N3O/c1-18-23(21-14-8-9-15-24(21)30-18)17-29-27-22(16-28)25(19-10-4-2-5-11-19)26(31-27)20-12-6-3-7-13-20/h2-15,17,30H,1H3. The van der Waals surface area contributed by atoms with Crippen molar-refractivity contribution in [1.82, 2.24) is 4.98 Å². The van der Waals surface area contributed by atoms with Crippen LogP contribution in [0.4, 0.5) is 5.88 Å². The number of aromatic nitrogens is 1. The molecular formula is C27H19N3O. The molecule has 1 N–H and O–H groups in total. The summed E-state index contributed by atoms with van der Waals surface area (Å²) in [5, 5.41) is 11.1. The maximum Gasteiger partial charge on any atom is 0.238 e. The second-order valence-corrected chi connectivity index (χ2v) is 7.30. The molecule has 0 radical (unpaired) electrons. The minimum Gasteiger partial charge on any atom is -0.436 e. The number of aryl methyl sites for hydroxylation is 1. The molecule has 5 rings (SSSR count). The summed E-state index contributed by atoms with van der Waals surface area (Å²) in [5.41, 5.74) is 6.07. The third-order valence-electron chi connectivity index (χ3n) is 5.35. The van der Waals surface area contributed by atoms with Crippen LogP contribution in [-0.2, 0) is 0 Å². The van der Waals surface area contributed by atoms with Crippen molar-refractivity contribution in [3.05, 3.63) is 102 Å². The van der Waals surface area contributed by atoms with Crippen LogP contribution in [0.25, 0.3) is 33.4 Å². The minimum atomic E-state index is 0.310. The number of fused-ring (bicyclic) bond motifs is 1. The maximum atomic E-state index is 10.0. The van der Waals surface area contributed by atoms with Crippen molar-refractivity contribution < 1.29 is 4.42 Å². The van der Waals surface area contributed by atoms with Gasteiger partial charge in [0.1, 0.15) is 17.4 Å². The van der Waals surface area contributed by atoms with E-state index >= 15 is 0 Å². The van der Waals surface area contributed by atoms with Crippen molar-refractivity contribution in [1.29, 1.82) is 5.26 Å². The zero-order valence-corrected chi connectivity index (χ0v) is 17.0. The molecule has 3 aromatic carbocycles. The molecule has 0 saturated heterocycles. The van der Waals surface area contributed by atoms with Crippen LogP contribution >= 0.6 is 0 Å². The van der Waals surface area contributed by atoms with Gasteiger partial charge in [-0.05, 0) is 18.6 Å². The number of nitrogens with one attached hydrogen (secondary N) is 1. The van der Waals surface area contributed by atoms with Gasteiger partial charge in [-0.3, -0.25) is 0 Å². The highest BCUT2D eigenvalue weighted by molar-refractivity contribution is 6.01. The molecule has 0 bridgehead atoms. The number of rotatable bonds is 4. The molecule has 0 unspecified atom stereocenters. The minimum absolute atomic E-state index is 0.310. The second kappa shape index (κ2) is 7.81. The summed E-state index contributed by atoms with van der Waals surface area (Å²) in [6.45, 7) is 2.01. The van der Waals surface area contributed by atoms with E-state index in [1.165, 1.54) is 0 Å². The number of aliphatic imine (C=N–C) groups is 1. The van der Waals surface area contributed by atoms with Crippen LogP contribution in [0.5, 0.6) is 0 Å². The van der Waals surface area contributed by atoms with Gasteiger partial charge in [0.2, 0.25) is 5.88 Å². The van der Waals surface area contributed by atoms with E-state index in [9.17, 15) is 5.26 Å². The van der Waals surface area contributed by atoms with Crippen LogP contribution in [-0.4, -0.2) is 11.2 Å². The highest BCUT2D eigenvalue weighted by Gasteiger charge is 2.22. The van der Waals surface area contributed by atoms with Crippen LogP contribution < -0.4 is 0 Å². The molecule has 0 aliphatic rings. The first kappa shape index (κ1) is 18.7. The smallest absolute Gasteiger partial charge is 0.238 e. The Labute approximate surface area is 180 Å². The Balaban J connectivity index is 1.69. The van der Waals surface area contributed by atoms with Crippen LogP contribution in [0.1, 0.15) is 16.8 Å². The molecule has 2 heterocycles. The number of nitriles is 1. The summed E-state index contributed by atoms with van der Waals surface area (Å²) in [5.74, 6) is 0.955. The SMILES string of the molecule is Cc1[nH]c2ccccc2c1C=Nc1oc(-c2ccccc2)c(-c2ccccc2)c1C#N. The van der Waals surface area contributed by atoms with Crippen LogP contribution in [0.3, 0.4) is 0 Å². The number of benzene rings is 3. The molecule has 0 aliphatic heterocycles. The summed E-state index contributed by atoms with van der Waals surface area (Å²) >= 11 is 0. The summed E-state index contributed by atoms with van der Waals surface area (Å²) in [6.07, 6.45) is 1.78. The lowest BCUT2D eigenvalue weighted by molar-refractivity contribution is 0.593. The lowest BCUT2D eigenvalue weighted by Crippen LogP contribution is -1.84. The van der Waals surface area contributed by atoms with Crippen molar-refractivity contribution in [2.45, 2.75) is 6.92 Å². The van der Waals surface area contributed by atoms with Gasteiger partial charge in [0.25, 0.3) is 0 Å². The molecule has 2 aromatic heterocycles. The first-order valence-electron chi connectivity index (χ1n) is 10.1. The molecule has 4 nitrogen and oxygen atoms in total. The number of hydrogen-bond acceptors (Lipinski definition) is 3. The van der Waals surface area contributed by atoms with E-state index in [0.717, 1.165) is 38.9 Å². The highest BCUT2D eigenvalue weighted by Crippen LogP contribution is 2.42. The van der Waals surface area contributed by atoms with E-state index in [0.29, 0.717) is 17.2 Å². The van der Waals surface area contributed by atoms with Gasteiger partial charge in [0.15, 0.2) is 0 Å². The van der Waals surface area contributed by atoms with Crippen LogP contribution in [0, 0.1) is 18.3 Å². The zero-order chi connectivity index (χ0) is 21.2. The Morgan fingerprint density at radius 3 is 2.23 bits per heavy atom. The molecule has 0 saturated carbocycles. The summed E-state index contributed by atoms with van der Waals surface area (Å²) in [4.78, 5) is 8.00. The maximum absolute atomic E-state index is 10.0. The fraction of sp³-hybridized carbons (Fsp3) is 0.0370. The first-order valence-corrected chi connectivity index (χ1v) is 10.1. The van der Waals surface area contributed by atoms with Gasteiger partial charge in [-0.1, -0.05) is 78.9 Å². The quantitative estimate of drug-likeness (QED) is 0.329. The molecule has 0 amide bonds. The monoisotopic (exact) mass is 401 g/mol. The largest absolute Gasteiger partial charge is 0.436 e. The van der Waals surface area contributed by atoms with Gasteiger partial charge in [-0.15, -0.1) is 0 Å². The van der Waals surface area contributed by atoms with Gasteiger partial charge in [-0.2, -0.15) is 5.26 Å². The molecule has 5 aromatic rings. The number of H-pyrrole nitrogens is 1. The molecule has 0 spiro atoms. The topological polar surface area (TPSA) is 65.1 Å². The van der Waals surface area contributed by atoms with E-state index in [1.54, 1.807) is 6.21 Å². The predicted octanol–water partition coefficient (Wildman–Crippen LogP) is 7.03. The number of furan rings is 1. The Morgan fingerprint density at radius 1 is 0.871 bits per heavy atom. The number of hydrogen-bond donors (Lipinski definition) is 1. The van der Waals surface area contributed by atoms with E-state index < -0.39 is 0 Å². The van der Waals surface area contributed by atoms with Gasteiger partial charge in [0, 0.05) is 39.5 Å². The zero-order valence-electron chi connectivity index (χ0n) is 17.0. The Kier molecular flexibility index (Phi) is 4.70. The van der Waals surface area contributed by atoms with E-state index in [4.69, 9.17) is 4.42 Å². The molecule has 0 fully saturated rings. The van der Waals surface area contributed by atoms with Crippen molar-refractivity contribution in [2.24, 2.45) is 4.99 Å². The van der Waals surface area contributed by atoms with Gasteiger partial charge in [-0.25, -0.2) is 4.99 Å². The molecule has 148 valence electrons. The summed E-state index contributed by atoms with van der Waals surface area (Å²) in [7, 11) is 0. The molecule has 0 atom stereocenters. The fourth-order valence-electron chi connectivity index (χ4n) is 3.87. The number of para-hydroxylation sites is 1. The Hall–Kier alpha value is -4.36. The lowest BCUT2D eigenvalue weighted by atomic mass is 9.98. The number of nitrogens with zero attached hydrogens (tertiary/aromatic N) is 2. The Morgan fingerprint density at radius 2 is 1.52 bits per heavy atom. The van der Waals surface area contributed by atoms with Crippen molar-refractivity contribution in [3.63, 3.8) is 0 Å². The van der Waals surface area contributed by atoms with Crippen molar-refractivity contribution in [2.75, 3.05) is 0 Å². The van der Waals surface area contributed by atoms with Gasteiger partial charge in [0.05, 0.1) is 0 Å². The van der Waals surface area contributed by atoms with E-state index in [2.05, 4.69) is 22.1 Å². The first-order chi connectivity index (χ1) is 15.3. The van der Waals surface area contributed by atoms with Crippen molar-refractivity contribution in [3.8, 4) is 28.5 Å². The summed E-state index contributed by atoms with van der Waals surface area (Å²) in [6, 6.07) is 30.1. The summed E-state index contributed by atoms with van der Waals surface area (Å²) < 4.78 is 6.20. The molecular weight excluding hydrogens is 382 g/mol. The third-order valence-corrected chi connectivity index (χ3v) is 5.35. The highest BCUT2D eigenvalue weighted by atomic mass is 16.4. The third kappa shape index (κ3) is 3.33.